The van der Waals surface area contributed by atoms with Crippen molar-refractivity contribution in [3.63, 3.8) is 0 Å². The van der Waals surface area contributed by atoms with Gasteiger partial charge in [-0.25, -0.2) is 4.79 Å². The van der Waals surface area contributed by atoms with Gasteiger partial charge in [0, 0.05) is 6.08 Å². The number of carbonyl (C=O) groups is 1. The number of likely N-dealkylation sites (N-methyl/N-ethyl adjacent to an activating group) is 1. The normalized spacial score (nSPS) is 11.3. The van der Waals surface area contributed by atoms with Crippen molar-refractivity contribution in [1.82, 2.24) is 0 Å². The lowest BCUT2D eigenvalue weighted by Gasteiger charge is -2.12. The fourth-order valence-corrected chi connectivity index (χ4v) is 0.988. The predicted molar refractivity (Wildman–Crippen MR) is 52.7 cm³/mol. The third kappa shape index (κ3) is 9.74. The van der Waals surface area contributed by atoms with Gasteiger partial charge in [-0.3, -0.25) is 0 Å². The zero-order valence-corrected chi connectivity index (χ0v) is 10.6. The molecule has 0 rings (SSSR count). The van der Waals surface area contributed by atoms with Crippen LogP contribution in [0, 0.1) is 0 Å². The zero-order valence-electron chi connectivity index (χ0n) is 9.01. The van der Waals surface area contributed by atoms with Crippen molar-refractivity contribution in [2.24, 2.45) is 0 Å². The average Bonchev–Trinajstić information content (AvgIpc) is 2.14. The van der Waals surface area contributed by atoms with Crippen LogP contribution in [-0.4, -0.2) is 32.7 Å². The Kier molecular flexibility index (Phi) is 12.3. The smallest absolute Gasteiger partial charge is 0.330 e. The van der Waals surface area contributed by atoms with Crippen LogP contribution in [0.3, 0.4) is 0 Å². The number of halogens is 1. The summed E-state index contributed by atoms with van der Waals surface area (Å²) in [5, 5.41) is 0. The Bertz CT molecular complexity index is 162. The van der Waals surface area contributed by atoms with Crippen LogP contribution in [0.4, 0.5) is 0 Å². The predicted octanol–water partition coefficient (Wildman–Crippen LogP) is -2.97. The maximum atomic E-state index is 10.7. The van der Waals surface area contributed by atoms with Gasteiger partial charge in [-0.05, 0) is 6.42 Å². The van der Waals surface area contributed by atoms with Crippen molar-refractivity contribution in [3.05, 3.63) is 12.7 Å². The molecule has 0 spiro atoms. The summed E-state index contributed by atoms with van der Waals surface area (Å²) in [4.78, 5) is 12.1. The summed E-state index contributed by atoms with van der Waals surface area (Å²) in [5.41, 5.74) is 0. The van der Waals surface area contributed by atoms with E-state index in [1.807, 2.05) is 0 Å². The highest BCUT2D eigenvalue weighted by Crippen LogP contribution is 1.79. The van der Waals surface area contributed by atoms with E-state index in [1.165, 1.54) is 23.8 Å². The molecule has 0 fully saturated rings. The van der Waals surface area contributed by atoms with E-state index in [-0.39, 0.29) is 23.0 Å². The van der Waals surface area contributed by atoms with Gasteiger partial charge >= 0.3 is 5.97 Å². The first-order valence-electron chi connectivity index (χ1n) is 4.81. The number of esters is 1. The zero-order chi connectivity index (χ0) is 10.1. The minimum absolute atomic E-state index is 0. The number of quaternary nitrogens is 1. The van der Waals surface area contributed by atoms with Gasteiger partial charge in [0.2, 0.25) is 0 Å². The molecule has 0 bridgehead atoms. The van der Waals surface area contributed by atoms with Gasteiger partial charge in [0.15, 0.2) is 0 Å². The van der Waals surface area contributed by atoms with E-state index in [0.717, 1.165) is 13.1 Å². The quantitative estimate of drug-likeness (QED) is 0.394. The van der Waals surface area contributed by atoms with E-state index in [0.29, 0.717) is 6.61 Å². The molecule has 3 nitrogen and oxygen atoms in total. The number of nitrogens with one attached hydrogen (secondary N) is 1. The van der Waals surface area contributed by atoms with Crippen molar-refractivity contribution < 1.29 is 31.4 Å². The first kappa shape index (κ1) is 16.1. The largest absolute Gasteiger partial charge is 1.00 e. The molecule has 14 heavy (non-hydrogen) atoms. The molecule has 0 aliphatic heterocycles. The van der Waals surface area contributed by atoms with E-state index < -0.39 is 0 Å². The van der Waals surface area contributed by atoms with Crippen LogP contribution in [0.25, 0.3) is 0 Å². The molecule has 0 radical (unpaired) electrons. The van der Waals surface area contributed by atoms with Crippen molar-refractivity contribution in [1.29, 1.82) is 0 Å². The van der Waals surface area contributed by atoms with E-state index in [1.54, 1.807) is 0 Å². The Hall–Kier alpha value is -0.350. The third-order valence-corrected chi connectivity index (χ3v) is 1.90. The van der Waals surface area contributed by atoms with Crippen molar-refractivity contribution in [2.75, 3.05) is 26.7 Å². The van der Waals surface area contributed by atoms with E-state index >= 15 is 0 Å². The number of rotatable bonds is 7. The molecule has 0 aliphatic rings. The van der Waals surface area contributed by atoms with Gasteiger partial charge in [-0.2, -0.15) is 0 Å². The summed E-state index contributed by atoms with van der Waals surface area (Å²) >= 11 is 0. The summed E-state index contributed by atoms with van der Waals surface area (Å²) < 4.78 is 4.86. The molecule has 0 aromatic heterocycles. The van der Waals surface area contributed by atoms with Crippen LogP contribution in [-0.2, 0) is 9.53 Å². The van der Waals surface area contributed by atoms with Crippen LogP contribution < -0.4 is 21.9 Å². The highest BCUT2D eigenvalue weighted by atomic mass is 79.9. The summed E-state index contributed by atoms with van der Waals surface area (Å²) in [6, 6.07) is 0. The van der Waals surface area contributed by atoms with Crippen molar-refractivity contribution >= 4 is 5.97 Å². The van der Waals surface area contributed by atoms with Crippen LogP contribution in [0.1, 0.15) is 19.8 Å². The lowest BCUT2D eigenvalue weighted by Crippen LogP contribution is -3.09. The average molecular weight is 266 g/mol. The monoisotopic (exact) mass is 265 g/mol. The molecule has 0 amide bonds. The molecule has 1 unspecified atom stereocenters. The minimum atomic E-state index is -0.330. The summed E-state index contributed by atoms with van der Waals surface area (Å²) in [6.45, 7) is 8.00. The van der Waals surface area contributed by atoms with Crippen LogP contribution >= 0.6 is 0 Å². The molecule has 1 atom stereocenters. The molecule has 1 N–H and O–H groups in total. The molecule has 0 aromatic carbocycles. The second-order valence-electron chi connectivity index (χ2n) is 3.18. The van der Waals surface area contributed by atoms with Gasteiger partial charge in [0.05, 0.1) is 13.6 Å². The second-order valence-corrected chi connectivity index (χ2v) is 3.18. The Labute approximate surface area is 96.9 Å². The maximum Gasteiger partial charge on any atom is 0.330 e. The lowest BCUT2D eigenvalue weighted by molar-refractivity contribution is -0.880. The first-order chi connectivity index (χ1) is 6.20. The number of ether oxygens (including phenoxy) is 1. The van der Waals surface area contributed by atoms with Gasteiger partial charge in [0.25, 0.3) is 0 Å². The van der Waals surface area contributed by atoms with Gasteiger partial charge in [-0.15, -0.1) is 0 Å². The summed E-state index contributed by atoms with van der Waals surface area (Å²) in [5.74, 6) is -0.330. The topological polar surface area (TPSA) is 30.7 Å². The maximum absolute atomic E-state index is 10.7. The van der Waals surface area contributed by atoms with Crippen LogP contribution in [0.5, 0.6) is 0 Å². The Morgan fingerprint density at radius 3 is 2.64 bits per heavy atom. The Balaban J connectivity index is 0. The van der Waals surface area contributed by atoms with Crippen LogP contribution in [0.2, 0.25) is 0 Å². The third-order valence-electron chi connectivity index (χ3n) is 1.90. The number of hydrogen-bond donors (Lipinski definition) is 1. The molecular weight excluding hydrogens is 246 g/mol. The van der Waals surface area contributed by atoms with Crippen molar-refractivity contribution in [3.8, 4) is 0 Å². The van der Waals surface area contributed by atoms with Crippen molar-refractivity contribution in [2.45, 2.75) is 19.8 Å². The highest BCUT2D eigenvalue weighted by Gasteiger charge is 2.02. The number of carbonyl (C=O) groups excluding carboxylic acids is 1. The fraction of sp³-hybridized carbons (Fsp3) is 0.700. The molecule has 0 saturated carbocycles. The molecule has 0 aliphatic carbocycles. The Morgan fingerprint density at radius 1 is 1.50 bits per heavy atom. The second kappa shape index (κ2) is 10.7. The standard InChI is InChI=1S/C10H19NO2.BrH/c1-4-6-7-11(3)8-9-13-10(12)5-2;/h5H,2,4,6-9H2,1,3H3;1H. The summed E-state index contributed by atoms with van der Waals surface area (Å²) in [6.07, 6.45) is 3.63. The van der Waals surface area contributed by atoms with E-state index in [4.69, 9.17) is 4.74 Å². The minimum Gasteiger partial charge on any atom is -1.00 e. The first-order valence-corrected chi connectivity index (χ1v) is 4.81. The molecule has 0 aromatic rings. The molecule has 4 heteroatoms. The summed E-state index contributed by atoms with van der Waals surface area (Å²) in [7, 11) is 2.11. The molecule has 0 saturated heterocycles. The van der Waals surface area contributed by atoms with Crippen LogP contribution in [0.15, 0.2) is 12.7 Å². The van der Waals surface area contributed by atoms with Gasteiger partial charge in [0.1, 0.15) is 13.2 Å². The SMILES string of the molecule is C=CC(=O)OCC[NH+](C)CCCC.[Br-]. The van der Waals surface area contributed by atoms with E-state index in [2.05, 4.69) is 20.6 Å². The Morgan fingerprint density at radius 2 is 2.14 bits per heavy atom. The van der Waals surface area contributed by atoms with E-state index in [9.17, 15) is 4.79 Å². The molecule has 0 heterocycles. The van der Waals surface area contributed by atoms with Gasteiger partial charge in [-0.1, -0.05) is 19.9 Å². The lowest BCUT2D eigenvalue weighted by atomic mass is 10.3. The molecular formula is C10H20BrNO2. The highest BCUT2D eigenvalue weighted by molar-refractivity contribution is 5.81. The molecule has 84 valence electrons. The van der Waals surface area contributed by atoms with Gasteiger partial charge < -0.3 is 26.6 Å². The number of unbranched alkanes of at least 4 members (excludes halogenated alkanes) is 1. The fourth-order valence-electron chi connectivity index (χ4n) is 0.988. The number of hydrogen-bond acceptors (Lipinski definition) is 2.